The van der Waals surface area contributed by atoms with Crippen LogP contribution < -0.4 is 5.32 Å². The second-order valence-electron chi connectivity index (χ2n) is 8.18. The average Bonchev–Trinajstić information content (AvgIpc) is 3.65. The minimum absolute atomic E-state index is 0.537. The van der Waals surface area contributed by atoms with Crippen LogP contribution >= 0.6 is 0 Å². The number of nitrogens with one attached hydrogen (secondary N) is 1. The number of rotatable bonds is 7. The molecule has 3 heterocycles. The van der Waals surface area contributed by atoms with Crippen LogP contribution in [0.5, 0.6) is 0 Å². The summed E-state index contributed by atoms with van der Waals surface area (Å²) >= 11 is 0. The zero-order valence-electron chi connectivity index (χ0n) is 19.2. The Morgan fingerprint density at radius 2 is 1.36 bits per heavy atom. The maximum absolute atomic E-state index is 4.73. The second-order valence-corrected chi connectivity index (χ2v) is 8.18. The lowest BCUT2D eigenvalue weighted by Crippen LogP contribution is -1.99. The number of nitrogens with zero attached hydrogens (tertiary/aromatic N) is 8. The van der Waals surface area contributed by atoms with Gasteiger partial charge in [-0.25, -0.2) is 19.3 Å². The van der Waals surface area contributed by atoms with Crippen LogP contribution in [0.1, 0.15) is 11.1 Å². The molecule has 0 radical (unpaired) electrons. The van der Waals surface area contributed by atoms with Gasteiger partial charge in [-0.2, -0.15) is 0 Å². The zero-order chi connectivity index (χ0) is 24.2. The van der Waals surface area contributed by atoms with E-state index in [0.717, 1.165) is 34.7 Å². The predicted octanol–water partition coefficient (Wildman–Crippen LogP) is 4.64. The fourth-order valence-electron chi connectivity index (χ4n) is 3.94. The van der Waals surface area contributed by atoms with E-state index in [9.17, 15) is 0 Å². The van der Waals surface area contributed by atoms with E-state index in [1.165, 1.54) is 11.1 Å². The molecule has 0 spiro atoms. The first-order valence-electron chi connectivity index (χ1n) is 11.4. The van der Waals surface area contributed by atoms with Crippen LogP contribution in [0, 0.1) is 0 Å². The Balaban J connectivity index is 1.17. The lowest BCUT2D eigenvalue weighted by Gasteiger charge is -2.09. The molecular formula is C27H21N9. The lowest BCUT2D eigenvalue weighted by atomic mass is 10.0. The van der Waals surface area contributed by atoms with E-state index in [1.807, 2.05) is 36.5 Å². The van der Waals surface area contributed by atoms with Gasteiger partial charge >= 0.3 is 0 Å². The van der Waals surface area contributed by atoms with E-state index in [2.05, 4.69) is 79.5 Å². The van der Waals surface area contributed by atoms with E-state index in [-0.39, 0.29) is 0 Å². The molecule has 9 nitrogen and oxygen atoms in total. The van der Waals surface area contributed by atoms with Gasteiger partial charge in [0.1, 0.15) is 0 Å². The summed E-state index contributed by atoms with van der Waals surface area (Å²) in [5.41, 5.74) is 7.12. The van der Waals surface area contributed by atoms with Gasteiger partial charge < -0.3 is 5.32 Å². The monoisotopic (exact) mass is 471 g/mol. The van der Waals surface area contributed by atoms with Crippen LogP contribution in [-0.2, 0) is 6.42 Å². The molecule has 0 saturated carbocycles. The van der Waals surface area contributed by atoms with Crippen molar-refractivity contribution in [3.8, 4) is 22.6 Å². The lowest BCUT2D eigenvalue weighted by molar-refractivity contribution is 0.803. The SMILES string of the molecule is c1cc(Cc2ccc(-n3ccnn3)cc2)cc(-c2ccnc(Nc3ccc(-n4ccnn4)cc3)n2)c1. The summed E-state index contributed by atoms with van der Waals surface area (Å²) in [6.45, 7) is 0. The maximum atomic E-state index is 4.73. The van der Waals surface area contributed by atoms with Gasteiger partial charge in [-0.3, -0.25) is 0 Å². The van der Waals surface area contributed by atoms with Crippen LogP contribution in [0.4, 0.5) is 11.6 Å². The Morgan fingerprint density at radius 3 is 2.03 bits per heavy atom. The molecule has 0 aliphatic carbocycles. The molecule has 3 aromatic carbocycles. The average molecular weight is 472 g/mol. The minimum Gasteiger partial charge on any atom is -0.324 e. The highest BCUT2D eigenvalue weighted by Crippen LogP contribution is 2.23. The molecule has 0 saturated heterocycles. The summed E-state index contributed by atoms with van der Waals surface area (Å²) in [7, 11) is 0. The highest BCUT2D eigenvalue weighted by Gasteiger charge is 2.06. The molecule has 0 bridgehead atoms. The highest BCUT2D eigenvalue weighted by molar-refractivity contribution is 5.63. The Hall–Kier alpha value is -5.18. The number of hydrogen-bond donors (Lipinski definition) is 1. The highest BCUT2D eigenvalue weighted by atomic mass is 15.4. The third-order valence-corrected chi connectivity index (χ3v) is 5.72. The van der Waals surface area contributed by atoms with Gasteiger partial charge in [-0.1, -0.05) is 40.8 Å². The van der Waals surface area contributed by atoms with Gasteiger partial charge in [-0.05, 0) is 66.1 Å². The van der Waals surface area contributed by atoms with Crippen molar-refractivity contribution < 1.29 is 0 Å². The van der Waals surface area contributed by atoms with Gasteiger partial charge in [0.05, 0.1) is 41.9 Å². The molecule has 0 aliphatic heterocycles. The summed E-state index contributed by atoms with van der Waals surface area (Å²) in [5, 5.41) is 19.0. The molecule has 0 unspecified atom stereocenters. The fraction of sp³-hybridized carbons (Fsp3) is 0.0370. The number of aromatic nitrogens is 8. The number of benzene rings is 3. The largest absolute Gasteiger partial charge is 0.324 e. The zero-order valence-corrected chi connectivity index (χ0v) is 19.2. The summed E-state index contributed by atoms with van der Waals surface area (Å²) < 4.78 is 3.45. The quantitative estimate of drug-likeness (QED) is 0.362. The normalized spacial score (nSPS) is 10.9. The van der Waals surface area contributed by atoms with Crippen LogP contribution in [0.25, 0.3) is 22.6 Å². The molecule has 6 rings (SSSR count). The molecular weight excluding hydrogens is 450 g/mol. The van der Waals surface area contributed by atoms with Gasteiger partial charge in [-0.15, -0.1) is 10.2 Å². The first-order valence-corrected chi connectivity index (χ1v) is 11.4. The van der Waals surface area contributed by atoms with E-state index in [1.54, 1.807) is 34.2 Å². The third kappa shape index (κ3) is 4.71. The fourth-order valence-corrected chi connectivity index (χ4v) is 3.94. The Labute approximate surface area is 207 Å². The second kappa shape index (κ2) is 9.59. The van der Waals surface area contributed by atoms with Crippen molar-refractivity contribution >= 4 is 11.6 Å². The topological polar surface area (TPSA) is 99.2 Å². The molecule has 9 heteroatoms. The van der Waals surface area contributed by atoms with Crippen molar-refractivity contribution in [1.82, 2.24) is 40.0 Å². The van der Waals surface area contributed by atoms with Crippen LogP contribution in [0.3, 0.4) is 0 Å². The molecule has 0 amide bonds. The van der Waals surface area contributed by atoms with Crippen LogP contribution in [0.15, 0.2) is 110 Å². The molecule has 0 fully saturated rings. The third-order valence-electron chi connectivity index (χ3n) is 5.72. The Bertz CT molecular complexity index is 1440. The van der Waals surface area contributed by atoms with Crippen molar-refractivity contribution in [2.45, 2.75) is 6.42 Å². The Kier molecular flexibility index (Phi) is 5.69. The summed E-state index contributed by atoms with van der Waals surface area (Å²) in [6.07, 6.45) is 9.54. The summed E-state index contributed by atoms with van der Waals surface area (Å²) in [4.78, 5) is 9.12. The van der Waals surface area contributed by atoms with Crippen molar-refractivity contribution in [3.63, 3.8) is 0 Å². The first kappa shape index (κ1) is 21.4. The van der Waals surface area contributed by atoms with Crippen molar-refractivity contribution in [2.75, 3.05) is 5.32 Å². The first-order chi connectivity index (χ1) is 17.8. The van der Waals surface area contributed by atoms with E-state index < -0.39 is 0 Å². The molecule has 174 valence electrons. The molecule has 6 aromatic rings. The van der Waals surface area contributed by atoms with Crippen LogP contribution in [-0.4, -0.2) is 40.0 Å². The van der Waals surface area contributed by atoms with E-state index >= 15 is 0 Å². The van der Waals surface area contributed by atoms with Gasteiger partial charge in [0.15, 0.2) is 0 Å². The van der Waals surface area contributed by atoms with Crippen molar-refractivity contribution in [2.24, 2.45) is 0 Å². The number of hydrogen-bond acceptors (Lipinski definition) is 7. The number of anilines is 2. The Morgan fingerprint density at radius 1 is 0.667 bits per heavy atom. The molecule has 0 atom stereocenters. The minimum atomic E-state index is 0.537. The van der Waals surface area contributed by atoms with Gasteiger partial charge in [0.25, 0.3) is 0 Å². The van der Waals surface area contributed by atoms with Crippen molar-refractivity contribution in [3.05, 3.63) is 121 Å². The molecule has 0 aliphatic rings. The van der Waals surface area contributed by atoms with Gasteiger partial charge in [0, 0.05) is 17.4 Å². The smallest absolute Gasteiger partial charge is 0.227 e. The van der Waals surface area contributed by atoms with Crippen LogP contribution in [0.2, 0.25) is 0 Å². The van der Waals surface area contributed by atoms with Crippen molar-refractivity contribution in [1.29, 1.82) is 0 Å². The van der Waals surface area contributed by atoms with Gasteiger partial charge in [0.2, 0.25) is 5.95 Å². The maximum Gasteiger partial charge on any atom is 0.227 e. The van der Waals surface area contributed by atoms with E-state index in [4.69, 9.17) is 4.98 Å². The summed E-state index contributed by atoms with van der Waals surface area (Å²) in [6, 6.07) is 26.5. The molecule has 3 aromatic heterocycles. The summed E-state index contributed by atoms with van der Waals surface area (Å²) in [5.74, 6) is 0.537. The predicted molar refractivity (Wildman–Crippen MR) is 136 cm³/mol. The standard InChI is InChI=1S/C27H21N9/c1-2-21(18-20-4-8-24(9-5-20)35-16-14-29-33-35)19-22(3-1)26-12-13-28-27(32-26)31-23-6-10-25(11-7-23)36-17-15-30-34-36/h1-17,19H,18H2,(H,28,31,32). The molecule has 1 N–H and O–H groups in total. The van der Waals surface area contributed by atoms with E-state index in [0.29, 0.717) is 5.95 Å². The molecule has 36 heavy (non-hydrogen) atoms.